The molecular formula is C27H50O4Si2. The summed E-state index contributed by atoms with van der Waals surface area (Å²) in [6.45, 7) is 22.7. The van der Waals surface area contributed by atoms with Gasteiger partial charge in [-0.1, -0.05) is 59.8 Å². The summed E-state index contributed by atoms with van der Waals surface area (Å²) < 4.78 is 27.5. The van der Waals surface area contributed by atoms with Gasteiger partial charge in [-0.2, -0.15) is 0 Å². The van der Waals surface area contributed by atoms with Gasteiger partial charge in [-0.05, 0) is 74.9 Å². The van der Waals surface area contributed by atoms with Crippen LogP contribution < -0.4 is 0 Å². The van der Waals surface area contributed by atoms with E-state index in [1.165, 1.54) is 12.0 Å². The first kappa shape index (κ1) is 27.3. The SMILES string of the molecule is CC[Si](CC)(CC)O[C@@]12CCCC=C1/C=C\[C@H]1OC(C)(C)O[C@H]1[C@@H](O[Si](C)(C)C(C)(C)C)C2. The zero-order valence-electron chi connectivity index (χ0n) is 23.0. The van der Waals surface area contributed by atoms with Crippen molar-refractivity contribution in [2.24, 2.45) is 0 Å². The fraction of sp³-hybridized carbons (Fsp3) is 0.852. The Bertz CT molecular complexity index is 739. The first-order valence-electron chi connectivity index (χ1n) is 13.3. The molecular weight excluding hydrogens is 444 g/mol. The van der Waals surface area contributed by atoms with E-state index < -0.39 is 22.4 Å². The molecule has 4 atom stereocenters. The van der Waals surface area contributed by atoms with Gasteiger partial charge in [-0.15, -0.1) is 0 Å². The molecule has 0 radical (unpaired) electrons. The lowest BCUT2D eigenvalue weighted by Crippen LogP contribution is -2.56. The molecule has 0 aromatic heterocycles. The monoisotopic (exact) mass is 494 g/mol. The minimum Gasteiger partial charge on any atom is -0.411 e. The van der Waals surface area contributed by atoms with Gasteiger partial charge in [0.25, 0.3) is 0 Å². The van der Waals surface area contributed by atoms with Gasteiger partial charge in [-0.3, -0.25) is 0 Å². The van der Waals surface area contributed by atoms with Gasteiger partial charge in [0, 0.05) is 6.42 Å². The summed E-state index contributed by atoms with van der Waals surface area (Å²) in [5, 5.41) is 0.129. The highest BCUT2D eigenvalue weighted by Crippen LogP contribution is 2.48. The Morgan fingerprint density at radius 3 is 2.27 bits per heavy atom. The Morgan fingerprint density at radius 2 is 1.70 bits per heavy atom. The minimum atomic E-state index is -2.03. The van der Waals surface area contributed by atoms with E-state index in [0.717, 1.165) is 37.4 Å². The van der Waals surface area contributed by atoms with Crippen LogP contribution in [0.5, 0.6) is 0 Å². The highest BCUT2D eigenvalue weighted by molar-refractivity contribution is 6.74. The van der Waals surface area contributed by atoms with Crippen molar-refractivity contribution in [3.8, 4) is 0 Å². The van der Waals surface area contributed by atoms with Crippen LogP contribution in [0.15, 0.2) is 23.8 Å². The number of hydrogen-bond donors (Lipinski definition) is 0. The van der Waals surface area contributed by atoms with Crippen molar-refractivity contribution in [1.29, 1.82) is 0 Å². The summed E-state index contributed by atoms with van der Waals surface area (Å²) in [5.41, 5.74) is 1.06. The van der Waals surface area contributed by atoms with Crippen molar-refractivity contribution < 1.29 is 18.3 Å². The van der Waals surface area contributed by atoms with Crippen LogP contribution in [0.4, 0.5) is 0 Å². The maximum Gasteiger partial charge on any atom is 0.193 e. The summed E-state index contributed by atoms with van der Waals surface area (Å²) in [7, 11) is -3.87. The maximum absolute atomic E-state index is 7.44. The lowest BCUT2D eigenvalue weighted by molar-refractivity contribution is -0.155. The zero-order chi connectivity index (χ0) is 24.7. The molecule has 1 aliphatic heterocycles. The quantitative estimate of drug-likeness (QED) is 0.339. The maximum atomic E-state index is 7.44. The molecule has 0 N–H and O–H groups in total. The molecule has 0 aromatic carbocycles. The number of rotatable bonds is 7. The van der Waals surface area contributed by atoms with E-state index in [9.17, 15) is 0 Å². The Labute approximate surface area is 205 Å². The highest BCUT2D eigenvalue weighted by Gasteiger charge is 2.53. The second kappa shape index (κ2) is 9.66. The van der Waals surface area contributed by atoms with Gasteiger partial charge in [-0.25, -0.2) is 0 Å². The summed E-state index contributed by atoms with van der Waals surface area (Å²) in [5.74, 6) is -0.610. The van der Waals surface area contributed by atoms with Crippen LogP contribution >= 0.6 is 0 Å². The lowest BCUT2D eigenvalue weighted by atomic mass is 9.76. The summed E-state index contributed by atoms with van der Waals surface area (Å²) >= 11 is 0. The van der Waals surface area contributed by atoms with E-state index >= 15 is 0 Å². The van der Waals surface area contributed by atoms with E-state index in [1.54, 1.807) is 0 Å². The molecule has 4 nitrogen and oxygen atoms in total. The largest absolute Gasteiger partial charge is 0.411 e. The van der Waals surface area contributed by atoms with E-state index in [4.69, 9.17) is 18.3 Å². The van der Waals surface area contributed by atoms with E-state index in [2.05, 4.69) is 72.9 Å². The van der Waals surface area contributed by atoms with Gasteiger partial charge >= 0.3 is 0 Å². The minimum absolute atomic E-state index is 0.0543. The van der Waals surface area contributed by atoms with Crippen LogP contribution in [0.25, 0.3) is 0 Å². The van der Waals surface area contributed by atoms with Crippen LogP contribution in [0, 0.1) is 0 Å². The van der Waals surface area contributed by atoms with Gasteiger partial charge in [0.15, 0.2) is 22.4 Å². The highest BCUT2D eigenvalue weighted by atomic mass is 28.4. The Morgan fingerprint density at radius 1 is 1.06 bits per heavy atom. The molecule has 0 bridgehead atoms. The molecule has 1 fully saturated rings. The fourth-order valence-electron chi connectivity index (χ4n) is 5.51. The number of hydrogen-bond acceptors (Lipinski definition) is 4. The third-order valence-corrected chi connectivity index (χ3v) is 18.0. The van der Waals surface area contributed by atoms with E-state index in [0.29, 0.717) is 0 Å². The summed E-state index contributed by atoms with van der Waals surface area (Å²) in [6, 6.07) is 3.47. The zero-order valence-corrected chi connectivity index (χ0v) is 25.0. The van der Waals surface area contributed by atoms with Gasteiger partial charge in [0.2, 0.25) is 0 Å². The van der Waals surface area contributed by atoms with Crippen molar-refractivity contribution in [2.75, 3.05) is 0 Å². The molecule has 33 heavy (non-hydrogen) atoms. The predicted molar refractivity (Wildman–Crippen MR) is 143 cm³/mol. The number of fused-ring (bicyclic) bond motifs is 2. The molecule has 1 saturated heterocycles. The van der Waals surface area contributed by atoms with Crippen molar-refractivity contribution in [1.82, 2.24) is 0 Å². The van der Waals surface area contributed by atoms with Crippen LogP contribution in [0.1, 0.15) is 81.1 Å². The first-order valence-corrected chi connectivity index (χ1v) is 18.8. The summed E-state index contributed by atoms with van der Waals surface area (Å²) in [4.78, 5) is 0. The molecule has 0 amide bonds. The van der Waals surface area contributed by atoms with Gasteiger partial charge in [0.05, 0.1) is 11.7 Å². The molecule has 0 aromatic rings. The molecule has 3 aliphatic rings. The van der Waals surface area contributed by atoms with Gasteiger partial charge < -0.3 is 18.3 Å². The average Bonchev–Trinajstić information content (AvgIpc) is 3.03. The second-order valence-corrected chi connectivity index (χ2v) is 21.9. The average molecular weight is 495 g/mol. The topological polar surface area (TPSA) is 36.9 Å². The van der Waals surface area contributed by atoms with E-state index in [-0.39, 0.29) is 29.0 Å². The van der Waals surface area contributed by atoms with Crippen LogP contribution in [-0.2, 0) is 18.3 Å². The molecule has 6 heteroatoms. The number of allylic oxidation sites excluding steroid dienone is 1. The van der Waals surface area contributed by atoms with Crippen LogP contribution in [0.3, 0.4) is 0 Å². The molecule has 190 valence electrons. The lowest BCUT2D eigenvalue weighted by Gasteiger charge is -2.50. The third kappa shape index (κ3) is 5.62. The summed E-state index contributed by atoms with van der Waals surface area (Å²) in [6.07, 6.45) is 10.9. The van der Waals surface area contributed by atoms with Crippen molar-refractivity contribution in [3.63, 3.8) is 0 Å². The molecule has 1 heterocycles. The first-order chi connectivity index (χ1) is 15.2. The fourth-order valence-corrected chi connectivity index (χ4v) is 9.90. The molecule has 0 saturated carbocycles. The third-order valence-electron chi connectivity index (χ3n) is 8.80. The van der Waals surface area contributed by atoms with Crippen molar-refractivity contribution >= 4 is 16.6 Å². The Hall–Kier alpha value is -0.246. The normalized spacial score (nSPS) is 33.5. The van der Waals surface area contributed by atoms with Crippen molar-refractivity contribution in [3.05, 3.63) is 23.8 Å². The van der Waals surface area contributed by atoms with E-state index in [1.807, 2.05) is 13.8 Å². The molecule has 0 unspecified atom stereocenters. The Kier molecular flexibility index (Phi) is 8.01. The van der Waals surface area contributed by atoms with Crippen molar-refractivity contribution in [2.45, 2.75) is 147 Å². The predicted octanol–water partition coefficient (Wildman–Crippen LogP) is 7.73. The molecule has 3 rings (SSSR count). The number of ether oxygens (including phenoxy) is 2. The molecule has 0 spiro atoms. The standard InChI is InChI=1S/C27H50O4Si2/c1-11-33(12-2,13-3)31-27-19-15-14-16-21(27)17-18-22-24(29-26(7,8)28-22)23(20-27)30-32(9,10)25(4,5)6/h16-18,22-24H,11-15,19-20H2,1-10H3/b18-17-/t22-,23+,24-,27-/m1/s1. The van der Waals surface area contributed by atoms with Crippen LogP contribution in [-0.4, -0.2) is 46.3 Å². The Balaban J connectivity index is 2.09. The van der Waals surface area contributed by atoms with Crippen LogP contribution in [0.2, 0.25) is 36.3 Å². The van der Waals surface area contributed by atoms with Gasteiger partial charge in [0.1, 0.15) is 12.2 Å². The smallest absolute Gasteiger partial charge is 0.193 e. The molecule has 2 aliphatic carbocycles. The second-order valence-electron chi connectivity index (χ2n) is 12.4.